The number of pyridine rings is 1. The monoisotopic (exact) mass is 221 g/mol. The molecule has 0 bridgehead atoms. The Hall–Kier alpha value is -1.75. The molecule has 15 heavy (non-hydrogen) atoms. The van der Waals surface area contributed by atoms with Crippen LogP contribution in [0, 0.1) is 0 Å². The smallest absolute Gasteiger partial charge is 0.201 e. The Bertz CT molecular complexity index is 652. The highest BCUT2D eigenvalue weighted by atomic mass is 32.2. The number of nitrogens with one attached hydrogen (secondary N) is 1. The van der Waals surface area contributed by atoms with Crippen molar-refractivity contribution in [3.63, 3.8) is 0 Å². The first-order valence-corrected chi connectivity index (χ1v) is 5.90. The molecule has 0 saturated carbocycles. The van der Waals surface area contributed by atoms with Crippen LogP contribution in [0.25, 0.3) is 17.3 Å². The van der Waals surface area contributed by atoms with Crippen LogP contribution in [-0.2, 0) is 9.84 Å². The number of fused-ring (bicyclic) bond motifs is 2. The summed E-state index contributed by atoms with van der Waals surface area (Å²) in [6.07, 6.45) is 1.52. The predicted molar refractivity (Wildman–Crippen MR) is 55.3 cm³/mol. The first-order chi connectivity index (χ1) is 7.08. The number of sulfone groups is 1. The van der Waals surface area contributed by atoms with Crippen molar-refractivity contribution in [2.45, 2.75) is 4.90 Å². The van der Waals surface area contributed by atoms with Crippen LogP contribution in [-0.4, -0.2) is 18.5 Å². The van der Waals surface area contributed by atoms with Crippen molar-refractivity contribution in [1.29, 1.82) is 0 Å². The van der Waals surface area contributed by atoms with E-state index in [4.69, 9.17) is 0 Å². The first kappa shape index (κ1) is 8.55. The molecule has 2 aliphatic heterocycles. The van der Waals surface area contributed by atoms with Crippen molar-refractivity contribution in [3.8, 4) is 17.0 Å². The third-order valence-corrected chi connectivity index (χ3v) is 3.95. The van der Waals surface area contributed by atoms with Gasteiger partial charge in [0.05, 0.1) is 10.6 Å². The third-order valence-electron chi connectivity index (χ3n) is 2.50. The standard InChI is InChI=1S/C10H7NO3S/c12-9-2-1-7-6(9)5-10-8(11-7)3-4-15(10,13)14/h1-5,11-12H. The maximum Gasteiger partial charge on any atom is 0.201 e. The van der Waals surface area contributed by atoms with Crippen LogP contribution in [0.3, 0.4) is 0 Å². The number of aromatic hydroxyl groups is 1. The van der Waals surface area contributed by atoms with Gasteiger partial charge in [0.25, 0.3) is 0 Å². The molecule has 5 heteroatoms. The average Bonchev–Trinajstić information content (AvgIpc) is 2.68. The Morgan fingerprint density at radius 2 is 2.07 bits per heavy atom. The van der Waals surface area contributed by atoms with Crippen molar-refractivity contribution in [2.75, 3.05) is 0 Å². The summed E-state index contributed by atoms with van der Waals surface area (Å²) in [5.41, 5.74) is 1.82. The van der Waals surface area contributed by atoms with E-state index in [0.29, 0.717) is 11.3 Å². The average molecular weight is 221 g/mol. The number of aromatic amines is 1. The van der Waals surface area contributed by atoms with Crippen LogP contribution >= 0.6 is 0 Å². The number of hydrogen-bond donors (Lipinski definition) is 2. The molecule has 4 nitrogen and oxygen atoms in total. The zero-order chi connectivity index (χ0) is 10.6. The number of rotatable bonds is 0. The quantitative estimate of drug-likeness (QED) is 0.709. The van der Waals surface area contributed by atoms with Gasteiger partial charge in [-0.1, -0.05) is 0 Å². The molecule has 0 atom stereocenters. The Labute approximate surface area is 86.1 Å². The lowest BCUT2D eigenvalue weighted by Gasteiger charge is -2.05. The molecule has 0 aromatic rings. The van der Waals surface area contributed by atoms with E-state index in [1.807, 2.05) is 0 Å². The molecule has 76 valence electrons. The predicted octanol–water partition coefficient (Wildman–Crippen LogP) is 1.58. The van der Waals surface area contributed by atoms with Crippen molar-refractivity contribution < 1.29 is 13.5 Å². The Kier molecular flexibility index (Phi) is 1.39. The molecule has 0 saturated heterocycles. The van der Waals surface area contributed by atoms with Crippen molar-refractivity contribution >= 4 is 15.9 Å². The summed E-state index contributed by atoms with van der Waals surface area (Å²) in [6.45, 7) is 0. The molecule has 0 radical (unpaired) electrons. The lowest BCUT2D eigenvalue weighted by molar-refractivity contribution is 0.479. The van der Waals surface area contributed by atoms with Crippen LogP contribution in [0.5, 0.6) is 5.75 Å². The molecule has 3 aliphatic rings. The highest BCUT2D eigenvalue weighted by molar-refractivity contribution is 7.94. The van der Waals surface area contributed by atoms with Gasteiger partial charge in [0.15, 0.2) is 0 Å². The summed E-state index contributed by atoms with van der Waals surface area (Å²) in [7, 11) is -3.31. The Morgan fingerprint density at radius 1 is 1.27 bits per heavy atom. The Morgan fingerprint density at radius 3 is 2.87 bits per heavy atom. The summed E-state index contributed by atoms with van der Waals surface area (Å²) in [5.74, 6) is 0.0890. The second kappa shape index (κ2) is 2.43. The van der Waals surface area contributed by atoms with E-state index in [1.165, 1.54) is 18.2 Å². The molecule has 0 unspecified atom stereocenters. The van der Waals surface area contributed by atoms with Gasteiger partial charge in [-0.15, -0.1) is 0 Å². The zero-order valence-corrected chi connectivity index (χ0v) is 8.38. The second-order valence-electron chi connectivity index (χ2n) is 3.44. The van der Waals surface area contributed by atoms with Gasteiger partial charge in [0.2, 0.25) is 9.84 Å². The van der Waals surface area contributed by atoms with Gasteiger partial charge >= 0.3 is 0 Å². The number of aromatic nitrogens is 1. The molecular weight excluding hydrogens is 214 g/mol. The molecule has 3 rings (SSSR count). The highest BCUT2D eigenvalue weighted by Crippen LogP contribution is 2.37. The summed E-state index contributed by atoms with van der Waals surface area (Å²) >= 11 is 0. The minimum Gasteiger partial charge on any atom is -0.507 e. The van der Waals surface area contributed by atoms with Gasteiger partial charge in [-0.3, -0.25) is 0 Å². The maximum absolute atomic E-state index is 11.5. The second-order valence-corrected chi connectivity index (χ2v) is 5.24. The molecular formula is C10H7NO3S. The van der Waals surface area contributed by atoms with Crippen molar-refractivity contribution in [3.05, 3.63) is 29.3 Å². The number of H-pyrrole nitrogens is 1. The zero-order valence-electron chi connectivity index (χ0n) is 7.56. The summed E-state index contributed by atoms with van der Waals surface area (Å²) in [6, 6.07) is 4.74. The molecule has 2 N–H and O–H groups in total. The summed E-state index contributed by atoms with van der Waals surface area (Å²) < 4.78 is 23.1. The summed E-state index contributed by atoms with van der Waals surface area (Å²) in [4.78, 5) is 3.18. The SMILES string of the molecule is O=S1(=O)C=Cc2[nH]c3ccc(O)c-3cc21. The first-order valence-electron chi connectivity index (χ1n) is 4.36. The van der Waals surface area contributed by atoms with Gasteiger partial charge in [-0.25, -0.2) is 8.42 Å². The van der Waals surface area contributed by atoms with Crippen molar-refractivity contribution in [2.24, 2.45) is 0 Å². The fraction of sp³-hybridized carbons (Fsp3) is 0. The molecule has 0 aromatic carbocycles. The van der Waals surface area contributed by atoms with Gasteiger partial charge < -0.3 is 10.1 Å². The Balaban J connectivity index is 2.45. The fourth-order valence-electron chi connectivity index (χ4n) is 1.75. The van der Waals surface area contributed by atoms with Crippen molar-refractivity contribution in [1.82, 2.24) is 4.98 Å². The normalized spacial score (nSPS) is 17.1. The molecule has 1 aliphatic carbocycles. The fourth-order valence-corrected chi connectivity index (χ4v) is 2.92. The van der Waals surface area contributed by atoms with Crippen LogP contribution in [0.1, 0.15) is 5.69 Å². The van der Waals surface area contributed by atoms with Crippen LogP contribution in [0.15, 0.2) is 28.5 Å². The molecule has 0 aromatic heterocycles. The van der Waals surface area contributed by atoms with E-state index in [-0.39, 0.29) is 10.6 Å². The van der Waals surface area contributed by atoms with Gasteiger partial charge in [-0.05, 0) is 24.3 Å². The lowest BCUT2D eigenvalue weighted by atomic mass is 10.2. The molecule has 0 amide bonds. The maximum atomic E-state index is 11.5. The van der Waals surface area contributed by atoms with Crippen LogP contribution in [0.2, 0.25) is 0 Å². The van der Waals surface area contributed by atoms with E-state index in [9.17, 15) is 13.5 Å². The minimum atomic E-state index is -3.31. The van der Waals surface area contributed by atoms with E-state index in [1.54, 1.807) is 6.07 Å². The van der Waals surface area contributed by atoms with Crippen LogP contribution < -0.4 is 0 Å². The molecule has 0 spiro atoms. The van der Waals surface area contributed by atoms with E-state index in [2.05, 4.69) is 4.98 Å². The van der Waals surface area contributed by atoms with E-state index >= 15 is 0 Å². The largest absolute Gasteiger partial charge is 0.507 e. The van der Waals surface area contributed by atoms with E-state index in [0.717, 1.165) is 11.1 Å². The molecule has 2 heterocycles. The third kappa shape index (κ3) is 1.04. The lowest BCUT2D eigenvalue weighted by Crippen LogP contribution is -1.96. The van der Waals surface area contributed by atoms with Gasteiger partial charge in [-0.2, -0.15) is 0 Å². The van der Waals surface area contributed by atoms with Gasteiger partial charge in [0, 0.05) is 16.7 Å². The van der Waals surface area contributed by atoms with E-state index < -0.39 is 9.84 Å². The summed E-state index contributed by atoms with van der Waals surface area (Å²) in [5, 5.41) is 10.6. The topological polar surface area (TPSA) is 70.2 Å². The number of hydrogen-bond acceptors (Lipinski definition) is 3. The van der Waals surface area contributed by atoms with Crippen LogP contribution in [0.4, 0.5) is 0 Å². The molecule has 0 fully saturated rings. The highest BCUT2D eigenvalue weighted by Gasteiger charge is 2.24. The van der Waals surface area contributed by atoms with Gasteiger partial charge in [0.1, 0.15) is 5.75 Å². The minimum absolute atomic E-state index is 0.0890.